The normalized spacial score (nSPS) is 16.9. The molecule has 0 nitrogen and oxygen atoms in total. The summed E-state index contributed by atoms with van der Waals surface area (Å²) in [7, 11) is 0. The van der Waals surface area contributed by atoms with Crippen molar-refractivity contribution in [3.63, 3.8) is 0 Å². The summed E-state index contributed by atoms with van der Waals surface area (Å²) in [6, 6.07) is 13.1. The van der Waals surface area contributed by atoms with Crippen LogP contribution in [0.1, 0.15) is 36.8 Å². The third kappa shape index (κ3) is 2.08. The summed E-state index contributed by atoms with van der Waals surface area (Å²) in [5, 5.41) is 2.66. The average Bonchev–Trinajstić information content (AvgIpc) is 2.73. The van der Waals surface area contributed by atoms with Gasteiger partial charge in [0.2, 0.25) is 0 Å². The van der Waals surface area contributed by atoms with Gasteiger partial charge in [-0.15, -0.1) is 29.2 Å². The molecular formula is C16H15Li. The minimum Gasteiger partial charge on any atom is -0.182 e. The molecule has 2 aromatic carbocycles. The number of hydrogen-bond donors (Lipinski definition) is 0. The first-order chi connectivity index (χ1) is 7.90. The molecule has 0 aliphatic heterocycles. The van der Waals surface area contributed by atoms with Crippen LogP contribution in [0.4, 0.5) is 0 Å². The standard InChI is InChI=1S/C16H15.Li/c1-2-5-12-9-11-16-14-7-4-3-6-13(14)8-10-15(12)16;/h3-4,6-10,12H,2,5H2,1H3;/q-1;+1. The summed E-state index contributed by atoms with van der Waals surface area (Å²) in [6.07, 6.45) is 8.16. The van der Waals surface area contributed by atoms with Gasteiger partial charge in [0, 0.05) is 0 Å². The summed E-state index contributed by atoms with van der Waals surface area (Å²) in [6.45, 7) is 2.24. The van der Waals surface area contributed by atoms with Crippen LogP contribution in [-0.4, -0.2) is 0 Å². The van der Waals surface area contributed by atoms with E-state index in [1.807, 2.05) is 0 Å². The molecule has 3 rings (SSSR count). The summed E-state index contributed by atoms with van der Waals surface area (Å²) >= 11 is 0. The van der Waals surface area contributed by atoms with Gasteiger partial charge in [0.25, 0.3) is 0 Å². The molecule has 0 radical (unpaired) electrons. The molecule has 0 aromatic heterocycles. The van der Waals surface area contributed by atoms with Gasteiger partial charge in [0.05, 0.1) is 0 Å². The van der Waals surface area contributed by atoms with Crippen molar-refractivity contribution in [2.24, 2.45) is 0 Å². The first-order valence-corrected chi connectivity index (χ1v) is 6.01. The molecule has 1 heteroatoms. The first kappa shape index (κ1) is 12.5. The van der Waals surface area contributed by atoms with E-state index in [1.165, 1.54) is 34.7 Å². The molecule has 0 amide bonds. The molecular weight excluding hydrogens is 199 g/mol. The van der Waals surface area contributed by atoms with E-state index in [2.05, 4.69) is 55.5 Å². The van der Waals surface area contributed by atoms with E-state index in [1.54, 1.807) is 0 Å². The predicted octanol–water partition coefficient (Wildman–Crippen LogP) is 1.45. The largest absolute Gasteiger partial charge is 1.00 e. The maximum atomic E-state index is 3.45. The molecule has 0 heterocycles. The van der Waals surface area contributed by atoms with Crippen LogP contribution in [0, 0.1) is 6.08 Å². The third-order valence-corrected chi connectivity index (χ3v) is 3.39. The van der Waals surface area contributed by atoms with E-state index >= 15 is 0 Å². The Hall–Kier alpha value is -0.963. The van der Waals surface area contributed by atoms with E-state index in [9.17, 15) is 0 Å². The zero-order valence-corrected chi connectivity index (χ0v) is 10.5. The van der Waals surface area contributed by atoms with Gasteiger partial charge in [-0.2, -0.15) is 11.6 Å². The smallest absolute Gasteiger partial charge is 0.182 e. The van der Waals surface area contributed by atoms with E-state index in [4.69, 9.17) is 0 Å². The number of hydrogen-bond acceptors (Lipinski definition) is 0. The van der Waals surface area contributed by atoms with Gasteiger partial charge in [-0.1, -0.05) is 55.3 Å². The zero-order valence-electron chi connectivity index (χ0n) is 10.5. The summed E-state index contributed by atoms with van der Waals surface area (Å²) in [5.41, 5.74) is 2.78. The summed E-state index contributed by atoms with van der Waals surface area (Å²) in [4.78, 5) is 0. The molecule has 1 aliphatic rings. The van der Waals surface area contributed by atoms with Gasteiger partial charge in [0.1, 0.15) is 0 Å². The van der Waals surface area contributed by atoms with Gasteiger partial charge in [-0.3, -0.25) is 0 Å². The Balaban J connectivity index is 0.00000108. The van der Waals surface area contributed by atoms with Crippen LogP contribution in [0.15, 0.2) is 42.5 Å². The fourth-order valence-corrected chi connectivity index (χ4v) is 2.58. The van der Waals surface area contributed by atoms with Gasteiger partial charge in [0.15, 0.2) is 0 Å². The van der Waals surface area contributed by atoms with E-state index in [-0.39, 0.29) is 18.9 Å². The van der Waals surface area contributed by atoms with Crippen molar-refractivity contribution in [1.82, 2.24) is 0 Å². The molecule has 2 aromatic rings. The minimum absolute atomic E-state index is 0. The van der Waals surface area contributed by atoms with Crippen LogP contribution in [0.3, 0.4) is 0 Å². The van der Waals surface area contributed by atoms with Gasteiger partial charge in [-0.25, -0.2) is 0 Å². The summed E-state index contributed by atoms with van der Waals surface area (Å²) in [5.74, 6) is 0.588. The Morgan fingerprint density at radius 1 is 1.12 bits per heavy atom. The van der Waals surface area contributed by atoms with Gasteiger partial charge in [-0.05, 0) is 0 Å². The third-order valence-electron chi connectivity index (χ3n) is 3.39. The first-order valence-electron chi connectivity index (χ1n) is 6.01. The fourth-order valence-electron chi connectivity index (χ4n) is 2.58. The van der Waals surface area contributed by atoms with Crippen molar-refractivity contribution in [1.29, 1.82) is 0 Å². The molecule has 1 aliphatic carbocycles. The second kappa shape index (κ2) is 5.13. The maximum Gasteiger partial charge on any atom is 1.00 e. The Labute approximate surface area is 115 Å². The molecule has 17 heavy (non-hydrogen) atoms. The average molecular weight is 214 g/mol. The monoisotopic (exact) mass is 214 g/mol. The second-order valence-electron chi connectivity index (χ2n) is 4.46. The molecule has 0 fully saturated rings. The molecule has 80 valence electrons. The van der Waals surface area contributed by atoms with Crippen LogP contribution >= 0.6 is 0 Å². The van der Waals surface area contributed by atoms with Crippen molar-refractivity contribution in [2.75, 3.05) is 0 Å². The van der Waals surface area contributed by atoms with Crippen molar-refractivity contribution in [2.45, 2.75) is 25.7 Å². The number of allylic oxidation sites excluding steroid dienone is 1. The Morgan fingerprint density at radius 2 is 1.94 bits per heavy atom. The van der Waals surface area contributed by atoms with E-state index in [0.717, 1.165) is 0 Å². The Bertz CT molecular complexity index is 554. The van der Waals surface area contributed by atoms with Crippen molar-refractivity contribution in [3.8, 4) is 0 Å². The van der Waals surface area contributed by atoms with Crippen molar-refractivity contribution < 1.29 is 18.9 Å². The van der Waals surface area contributed by atoms with E-state index in [0.29, 0.717) is 5.92 Å². The molecule has 0 spiro atoms. The zero-order chi connectivity index (χ0) is 11.0. The Kier molecular flexibility index (Phi) is 3.77. The van der Waals surface area contributed by atoms with Crippen molar-refractivity contribution in [3.05, 3.63) is 59.7 Å². The molecule has 0 saturated heterocycles. The molecule has 0 bridgehead atoms. The minimum atomic E-state index is 0. The van der Waals surface area contributed by atoms with Crippen LogP contribution < -0.4 is 18.9 Å². The van der Waals surface area contributed by atoms with E-state index < -0.39 is 0 Å². The Morgan fingerprint density at radius 3 is 2.76 bits per heavy atom. The second-order valence-corrected chi connectivity index (χ2v) is 4.46. The van der Waals surface area contributed by atoms with Crippen LogP contribution in [0.2, 0.25) is 0 Å². The van der Waals surface area contributed by atoms with Crippen molar-refractivity contribution >= 4 is 10.8 Å². The fraction of sp³-hybridized carbons (Fsp3) is 0.250. The molecule has 0 N–H and O–H groups in total. The van der Waals surface area contributed by atoms with Crippen LogP contribution in [0.25, 0.3) is 10.8 Å². The SMILES string of the molecule is CCCC1C=[C-]c2c1ccc1ccccc21.[Li+]. The predicted molar refractivity (Wildman–Crippen MR) is 68.5 cm³/mol. The molecule has 0 saturated carbocycles. The quantitative estimate of drug-likeness (QED) is 0.524. The van der Waals surface area contributed by atoms with Gasteiger partial charge < -0.3 is 0 Å². The number of fused-ring (bicyclic) bond motifs is 3. The van der Waals surface area contributed by atoms with Crippen LogP contribution in [-0.2, 0) is 0 Å². The molecule has 1 atom stereocenters. The topological polar surface area (TPSA) is 0 Å². The van der Waals surface area contributed by atoms with Crippen LogP contribution in [0.5, 0.6) is 0 Å². The molecule has 1 unspecified atom stereocenters. The number of benzene rings is 2. The van der Waals surface area contributed by atoms with Gasteiger partial charge >= 0.3 is 18.9 Å². The maximum absolute atomic E-state index is 3.45. The summed E-state index contributed by atoms with van der Waals surface area (Å²) < 4.78 is 0. The number of rotatable bonds is 2.